The van der Waals surface area contributed by atoms with Gasteiger partial charge in [0.25, 0.3) is 0 Å². The van der Waals surface area contributed by atoms with Gasteiger partial charge >= 0.3 is 0 Å². The van der Waals surface area contributed by atoms with Gasteiger partial charge in [-0.3, -0.25) is 9.59 Å². The van der Waals surface area contributed by atoms with Gasteiger partial charge in [0.05, 0.1) is 18.3 Å². The fraction of sp³-hybridized carbons (Fsp3) is 0.688. The molecule has 2 aliphatic heterocycles. The number of piperidine rings is 1. The highest BCUT2D eigenvalue weighted by Gasteiger charge is 2.42. The Labute approximate surface area is 139 Å². The van der Waals surface area contributed by atoms with E-state index in [-0.39, 0.29) is 18.4 Å². The maximum atomic E-state index is 12.7. The third-order valence-corrected chi connectivity index (χ3v) is 6.18. The molecule has 0 unspecified atom stereocenters. The van der Waals surface area contributed by atoms with Crippen molar-refractivity contribution in [1.82, 2.24) is 14.8 Å². The van der Waals surface area contributed by atoms with E-state index in [1.165, 1.54) is 23.4 Å². The molecule has 1 aliphatic carbocycles. The molecule has 0 saturated carbocycles. The van der Waals surface area contributed by atoms with Crippen LogP contribution in [0.3, 0.4) is 0 Å². The van der Waals surface area contributed by atoms with Gasteiger partial charge in [0.15, 0.2) is 0 Å². The maximum absolute atomic E-state index is 12.7. The predicted octanol–water partition coefficient (Wildman–Crippen LogP) is 0.716. The van der Waals surface area contributed by atoms with Gasteiger partial charge in [-0.1, -0.05) is 0 Å². The van der Waals surface area contributed by atoms with E-state index < -0.39 is 12.1 Å². The molecule has 1 N–H and O–H groups in total. The van der Waals surface area contributed by atoms with Crippen LogP contribution in [0.1, 0.15) is 41.3 Å². The highest BCUT2D eigenvalue weighted by molar-refractivity contribution is 7.11. The quantitative estimate of drug-likeness (QED) is 0.864. The van der Waals surface area contributed by atoms with Gasteiger partial charge in [-0.05, 0) is 32.1 Å². The summed E-state index contributed by atoms with van der Waals surface area (Å²) in [6.07, 6.45) is 4.95. The Morgan fingerprint density at radius 2 is 2.09 bits per heavy atom. The second-order valence-corrected chi connectivity index (χ2v) is 7.83. The molecule has 0 aromatic carbocycles. The van der Waals surface area contributed by atoms with Crippen molar-refractivity contribution >= 4 is 23.2 Å². The molecule has 2 amide bonds. The Morgan fingerprint density at radius 3 is 2.91 bits per heavy atom. The van der Waals surface area contributed by atoms with E-state index in [0.717, 1.165) is 17.8 Å². The van der Waals surface area contributed by atoms with Crippen molar-refractivity contribution in [2.24, 2.45) is 0 Å². The van der Waals surface area contributed by atoms with Crippen molar-refractivity contribution in [2.45, 2.75) is 57.2 Å². The number of hydrogen-bond donors (Lipinski definition) is 1. The maximum Gasteiger partial charge on any atom is 0.246 e. The lowest BCUT2D eigenvalue weighted by molar-refractivity contribution is -0.160. The smallest absolute Gasteiger partial charge is 0.246 e. The average molecular weight is 335 g/mol. The van der Waals surface area contributed by atoms with Crippen LogP contribution in [0.4, 0.5) is 0 Å². The molecule has 0 radical (unpaired) electrons. The van der Waals surface area contributed by atoms with Crippen LogP contribution in [0, 0.1) is 0 Å². The highest BCUT2D eigenvalue weighted by atomic mass is 32.1. The van der Waals surface area contributed by atoms with E-state index >= 15 is 0 Å². The largest absolute Gasteiger partial charge is 0.393 e. The summed E-state index contributed by atoms with van der Waals surface area (Å²) in [6.45, 7) is 1.04. The van der Waals surface area contributed by atoms with Crippen LogP contribution in [0.25, 0.3) is 0 Å². The molecular formula is C16H21N3O3S. The number of aliphatic hydroxyl groups excluding tert-OH is 1. The third-order valence-electron chi connectivity index (χ3n) is 5.03. The fourth-order valence-electron chi connectivity index (χ4n) is 3.79. The van der Waals surface area contributed by atoms with E-state index in [0.29, 0.717) is 25.9 Å². The van der Waals surface area contributed by atoms with Crippen LogP contribution >= 0.6 is 11.3 Å². The SMILES string of the molecule is O=C1[C@@H]2C[C@H](O)CCN2C(=O)CN1Cc1nc2c(s1)CCCC2. The summed E-state index contributed by atoms with van der Waals surface area (Å²) >= 11 is 1.68. The lowest BCUT2D eigenvalue weighted by Crippen LogP contribution is -2.62. The molecule has 3 heterocycles. The van der Waals surface area contributed by atoms with Crippen LogP contribution in [0.2, 0.25) is 0 Å². The Hall–Kier alpha value is -1.47. The van der Waals surface area contributed by atoms with Crippen LogP contribution in [0.15, 0.2) is 0 Å². The number of carbonyl (C=O) groups is 2. The van der Waals surface area contributed by atoms with E-state index in [1.807, 2.05) is 0 Å². The Bertz CT molecular complexity index is 621. The minimum atomic E-state index is -0.491. The highest BCUT2D eigenvalue weighted by Crippen LogP contribution is 2.29. The first kappa shape index (κ1) is 15.1. The number of rotatable bonds is 2. The van der Waals surface area contributed by atoms with Gasteiger partial charge in [-0.15, -0.1) is 11.3 Å². The minimum absolute atomic E-state index is 0.0113. The van der Waals surface area contributed by atoms with E-state index in [9.17, 15) is 14.7 Å². The zero-order chi connectivity index (χ0) is 16.0. The number of fused-ring (bicyclic) bond motifs is 2. The Balaban J connectivity index is 1.51. The molecule has 6 nitrogen and oxygen atoms in total. The van der Waals surface area contributed by atoms with E-state index in [1.54, 1.807) is 21.1 Å². The molecule has 7 heteroatoms. The summed E-state index contributed by atoms with van der Waals surface area (Å²) in [7, 11) is 0. The zero-order valence-corrected chi connectivity index (χ0v) is 13.8. The summed E-state index contributed by atoms with van der Waals surface area (Å²) in [4.78, 5) is 34.3. The van der Waals surface area contributed by atoms with E-state index in [2.05, 4.69) is 4.98 Å². The minimum Gasteiger partial charge on any atom is -0.393 e. The summed E-state index contributed by atoms with van der Waals surface area (Å²) in [5.74, 6) is -0.0562. The molecule has 1 aromatic heterocycles. The molecule has 124 valence electrons. The topological polar surface area (TPSA) is 73.7 Å². The van der Waals surface area contributed by atoms with Gasteiger partial charge in [0.2, 0.25) is 11.8 Å². The number of aromatic nitrogens is 1. The molecule has 0 bridgehead atoms. The second-order valence-electron chi connectivity index (χ2n) is 6.66. The average Bonchev–Trinajstić information content (AvgIpc) is 2.94. The predicted molar refractivity (Wildman–Crippen MR) is 84.9 cm³/mol. The molecule has 3 aliphatic rings. The van der Waals surface area contributed by atoms with Gasteiger partial charge in [-0.25, -0.2) is 4.98 Å². The summed E-state index contributed by atoms with van der Waals surface area (Å²) in [5, 5.41) is 10.8. The van der Waals surface area contributed by atoms with Crippen molar-refractivity contribution in [3.63, 3.8) is 0 Å². The lowest BCUT2D eigenvalue weighted by atomic mass is 9.96. The van der Waals surface area contributed by atoms with Crippen molar-refractivity contribution in [3.05, 3.63) is 15.6 Å². The molecule has 2 fully saturated rings. The summed E-state index contributed by atoms with van der Waals surface area (Å²) < 4.78 is 0. The first-order valence-corrected chi connectivity index (χ1v) is 9.17. The number of aliphatic hydroxyl groups is 1. The number of piperazine rings is 1. The molecule has 2 saturated heterocycles. The monoisotopic (exact) mass is 335 g/mol. The third kappa shape index (κ3) is 2.76. The molecule has 4 rings (SSSR count). The summed E-state index contributed by atoms with van der Waals surface area (Å²) in [6, 6.07) is -0.491. The van der Waals surface area contributed by atoms with Crippen molar-refractivity contribution in [3.8, 4) is 0 Å². The molecule has 1 aromatic rings. The number of amides is 2. The number of carbonyl (C=O) groups excluding carboxylic acids is 2. The molecule has 23 heavy (non-hydrogen) atoms. The number of hydrogen-bond acceptors (Lipinski definition) is 5. The number of nitrogens with zero attached hydrogens (tertiary/aromatic N) is 3. The van der Waals surface area contributed by atoms with Crippen molar-refractivity contribution < 1.29 is 14.7 Å². The van der Waals surface area contributed by atoms with Gasteiger partial charge < -0.3 is 14.9 Å². The van der Waals surface area contributed by atoms with Crippen LogP contribution in [-0.2, 0) is 29.0 Å². The van der Waals surface area contributed by atoms with Gasteiger partial charge in [0.1, 0.15) is 17.6 Å². The first-order chi connectivity index (χ1) is 11.1. The number of thiazole rings is 1. The second kappa shape index (κ2) is 5.87. The van der Waals surface area contributed by atoms with Crippen LogP contribution in [-0.4, -0.2) is 56.9 Å². The molecule has 2 atom stereocenters. The van der Waals surface area contributed by atoms with Crippen molar-refractivity contribution in [2.75, 3.05) is 13.1 Å². The molecule has 0 spiro atoms. The van der Waals surface area contributed by atoms with Gasteiger partial charge in [-0.2, -0.15) is 0 Å². The van der Waals surface area contributed by atoms with Crippen LogP contribution in [0.5, 0.6) is 0 Å². The Kier molecular flexibility index (Phi) is 3.85. The first-order valence-electron chi connectivity index (χ1n) is 8.35. The van der Waals surface area contributed by atoms with Crippen molar-refractivity contribution in [1.29, 1.82) is 0 Å². The Morgan fingerprint density at radius 1 is 1.26 bits per heavy atom. The van der Waals surface area contributed by atoms with Crippen LogP contribution < -0.4 is 0 Å². The molecular weight excluding hydrogens is 314 g/mol. The standard InChI is InChI=1S/C16H21N3O3S/c20-10-5-6-19-12(7-10)16(22)18(9-15(19)21)8-14-17-11-3-1-2-4-13(11)23-14/h10,12,20H,1-9H2/t10-,12+/m1/s1. The lowest BCUT2D eigenvalue weighted by Gasteiger charge is -2.43. The fourth-order valence-corrected chi connectivity index (χ4v) is 4.96. The summed E-state index contributed by atoms with van der Waals surface area (Å²) in [5.41, 5.74) is 1.18. The number of aryl methyl sites for hydroxylation is 2. The van der Waals surface area contributed by atoms with Gasteiger partial charge in [0, 0.05) is 17.8 Å². The van der Waals surface area contributed by atoms with E-state index in [4.69, 9.17) is 0 Å². The zero-order valence-electron chi connectivity index (χ0n) is 13.0. The normalized spacial score (nSPS) is 27.9.